The normalized spacial score (nSPS) is 14.1. The van der Waals surface area contributed by atoms with Crippen molar-refractivity contribution in [1.29, 1.82) is 0 Å². The second-order valence-electron chi connectivity index (χ2n) is 4.56. The standard InChI is InChI=1S/C13H16N2O4/c16-11-4-3-9(7-10(11)13(18)19)15-12(17)5-6-14-8-1-2-8/h3-4,7-8,14,16H,1-2,5-6H2,(H,15,17)(H,18,19). The Kier molecular flexibility index (Phi) is 4.01. The molecule has 4 N–H and O–H groups in total. The molecule has 19 heavy (non-hydrogen) atoms. The number of carboxylic acids is 1. The van der Waals surface area contributed by atoms with Gasteiger partial charge in [0.25, 0.3) is 0 Å². The molecule has 1 aliphatic rings. The highest BCUT2D eigenvalue weighted by Gasteiger charge is 2.20. The maximum absolute atomic E-state index is 11.6. The minimum absolute atomic E-state index is 0.185. The Bertz CT molecular complexity index is 497. The van der Waals surface area contributed by atoms with Crippen molar-refractivity contribution in [3.05, 3.63) is 23.8 Å². The first-order valence-electron chi connectivity index (χ1n) is 6.16. The first-order valence-corrected chi connectivity index (χ1v) is 6.16. The molecule has 1 aromatic rings. The largest absolute Gasteiger partial charge is 0.507 e. The maximum Gasteiger partial charge on any atom is 0.339 e. The predicted octanol–water partition coefficient (Wildman–Crippen LogP) is 1.17. The molecular weight excluding hydrogens is 248 g/mol. The number of carboxylic acid groups (broad SMARTS) is 1. The second kappa shape index (κ2) is 5.71. The molecule has 0 radical (unpaired) electrons. The number of benzene rings is 1. The van der Waals surface area contributed by atoms with Gasteiger partial charge < -0.3 is 20.8 Å². The molecule has 0 aromatic heterocycles. The van der Waals surface area contributed by atoms with Crippen LogP contribution in [0.15, 0.2) is 18.2 Å². The molecule has 1 aromatic carbocycles. The first-order chi connectivity index (χ1) is 9.06. The minimum Gasteiger partial charge on any atom is -0.507 e. The van der Waals surface area contributed by atoms with E-state index in [0.29, 0.717) is 24.7 Å². The van der Waals surface area contributed by atoms with Gasteiger partial charge in [0, 0.05) is 24.7 Å². The summed E-state index contributed by atoms with van der Waals surface area (Å²) in [5.74, 6) is -1.74. The van der Waals surface area contributed by atoms with E-state index >= 15 is 0 Å². The number of anilines is 1. The van der Waals surface area contributed by atoms with Gasteiger partial charge in [-0.05, 0) is 31.0 Å². The highest BCUT2D eigenvalue weighted by molar-refractivity contribution is 5.95. The molecule has 0 heterocycles. The molecule has 0 atom stereocenters. The molecule has 1 aliphatic carbocycles. The topological polar surface area (TPSA) is 98.7 Å². The van der Waals surface area contributed by atoms with Crippen LogP contribution in [0.25, 0.3) is 0 Å². The molecular formula is C13H16N2O4. The number of rotatable bonds is 6. The number of nitrogens with one attached hydrogen (secondary N) is 2. The van der Waals surface area contributed by atoms with Crippen molar-refractivity contribution < 1.29 is 19.8 Å². The van der Waals surface area contributed by atoms with E-state index in [9.17, 15) is 14.7 Å². The molecule has 1 amide bonds. The molecule has 0 unspecified atom stereocenters. The summed E-state index contributed by atoms with van der Waals surface area (Å²) in [5.41, 5.74) is 0.139. The lowest BCUT2D eigenvalue weighted by molar-refractivity contribution is -0.116. The van der Waals surface area contributed by atoms with E-state index in [0.717, 1.165) is 0 Å². The summed E-state index contributed by atoms with van der Waals surface area (Å²) >= 11 is 0. The third-order valence-electron chi connectivity index (χ3n) is 2.87. The van der Waals surface area contributed by atoms with Crippen LogP contribution in [-0.2, 0) is 4.79 Å². The van der Waals surface area contributed by atoms with E-state index < -0.39 is 5.97 Å². The molecule has 6 nitrogen and oxygen atoms in total. The Morgan fingerprint density at radius 2 is 2.05 bits per heavy atom. The van der Waals surface area contributed by atoms with Crippen LogP contribution in [0.5, 0.6) is 5.75 Å². The number of aromatic carboxylic acids is 1. The lowest BCUT2D eigenvalue weighted by Gasteiger charge is -2.07. The zero-order chi connectivity index (χ0) is 13.8. The predicted molar refractivity (Wildman–Crippen MR) is 69.3 cm³/mol. The van der Waals surface area contributed by atoms with Gasteiger partial charge in [-0.3, -0.25) is 4.79 Å². The lowest BCUT2D eigenvalue weighted by Crippen LogP contribution is -2.23. The molecule has 6 heteroatoms. The lowest BCUT2D eigenvalue weighted by atomic mass is 10.1. The average Bonchev–Trinajstić information content (AvgIpc) is 3.15. The number of hydrogen-bond donors (Lipinski definition) is 4. The number of aromatic hydroxyl groups is 1. The summed E-state index contributed by atoms with van der Waals surface area (Å²) in [7, 11) is 0. The fourth-order valence-electron chi connectivity index (χ4n) is 1.69. The first kappa shape index (κ1) is 13.4. The molecule has 0 saturated heterocycles. The van der Waals surface area contributed by atoms with E-state index in [4.69, 9.17) is 5.11 Å². The fraction of sp³-hybridized carbons (Fsp3) is 0.385. The van der Waals surface area contributed by atoms with Crippen LogP contribution in [0.4, 0.5) is 5.69 Å². The second-order valence-corrected chi connectivity index (χ2v) is 4.56. The van der Waals surface area contributed by atoms with Crippen molar-refractivity contribution in [2.24, 2.45) is 0 Å². The van der Waals surface area contributed by atoms with Crippen molar-refractivity contribution in [2.45, 2.75) is 25.3 Å². The molecule has 102 valence electrons. The third kappa shape index (κ3) is 3.96. The van der Waals surface area contributed by atoms with Crippen LogP contribution in [0.3, 0.4) is 0 Å². The zero-order valence-electron chi connectivity index (χ0n) is 10.3. The summed E-state index contributed by atoms with van der Waals surface area (Å²) < 4.78 is 0. The van der Waals surface area contributed by atoms with Crippen molar-refractivity contribution in [2.75, 3.05) is 11.9 Å². The van der Waals surface area contributed by atoms with Crippen molar-refractivity contribution in [1.82, 2.24) is 5.32 Å². The molecule has 2 rings (SSSR count). The zero-order valence-corrected chi connectivity index (χ0v) is 10.3. The van der Waals surface area contributed by atoms with Gasteiger partial charge in [0.05, 0.1) is 0 Å². The monoisotopic (exact) mass is 264 g/mol. The van der Waals surface area contributed by atoms with Gasteiger partial charge in [-0.1, -0.05) is 0 Å². The van der Waals surface area contributed by atoms with Crippen molar-refractivity contribution >= 4 is 17.6 Å². The van der Waals surface area contributed by atoms with Crippen LogP contribution in [0.2, 0.25) is 0 Å². The smallest absolute Gasteiger partial charge is 0.339 e. The maximum atomic E-state index is 11.6. The molecule has 1 saturated carbocycles. The summed E-state index contributed by atoms with van der Waals surface area (Å²) in [6, 6.07) is 4.51. The van der Waals surface area contributed by atoms with Crippen molar-refractivity contribution in [3.63, 3.8) is 0 Å². The van der Waals surface area contributed by atoms with E-state index in [1.165, 1.54) is 31.0 Å². The summed E-state index contributed by atoms with van der Waals surface area (Å²) in [6.45, 7) is 0.611. The van der Waals surface area contributed by atoms with E-state index in [-0.39, 0.29) is 17.2 Å². The van der Waals surface area contributed by atoms with Gasteiger partial charge in [-0.25, -0.2) is 4.79 Å². The van der Waals surface area contributed by atoms with E-state index in [2.05, 4.69) is 10.6 Å². The van der Waals surface area contributed by atoms with Gasteiger partial charge >= 0.3 is 5.97 Å². The van der Waals surface area contributed by atoms with Crippen LogP contribution in [-0.4, -0.2) is 34.7 Å². The van der Waals surface area contributed by atoms with E-state index in [1.807, 2.05) is 0 Å². The van der Waals surface area contributed by atoms with Crippen LogP contribution in [0.1, 0.15) is 29.6 Å². The highest BCUT2D eigenvalue weighted by atomic mass is 16.4. The number of phenols is 1. The van der Waals surface area contributed by atoms with Gasteiger partial charge in [0.2, 0.25) is 5.91 Å². The third-order valence-corrected chi connectivity index (χ3v) is 2.87. The van der Waals surface area contributed by atoms with Crippen LogP contribution < -0.4 is 10.6 Å². The molecule has 1 fully saturated rings. The van der Waals surface area contributed by atoms with Crippen molar-refractivity contribution in [3.8, 4) is 5.75 Å². The number of carbonyl (C=O) groups excluding carboxylic acids is 1. The Morgan fingerprint density at radius 3 is 2.68 bits per heavy atom. The average molecular weight is 264 g/mol. The number of amides is 1. The van der Waals surface area contributed by atoms with Gasteiger partial charge in [0.15, 0.2) is 0 Å². The van der Waals surface area contributed by atoms with Gasteiger partial charge in [-0.15, -0.1) is 0 Å². The van der Waals surface area contributed by atoms with Gasteiger partial charge in [-0.2, -0.15) is 0 Å². The number of hydrogen-bond acceptors (Lipinski definition) is 4. The fourth-order valence-corrected chi connectivity index (χ4v) is 1.69. The summed E-state index contributed by atoms with van der Waals surface area (Å²) in [5, 5.41) is 24.0. The highest BCUT2D eigenvalue weighted by Crippen LogP contribution is 2.21. The Hall–Kier alpha value is -2.08. The minimum atomic E-state index is -1.23. The summed E-state index contributed by atoms with van der Waals surface area (Å²) in [4.78, 5) is 22.5. The molecule has 0 bridgehead atoms. The number of carbonyl (C=O) groups is 2. The van der Waals surface area contributed by atoms with Crippen LogP contribution >= 0.6 is 0 Å². The SMILES string of the molecule is O=C(CCNC1CC1)Nc1ccc(O)c(C(=O)O)c1. The van der Waals surface area contributed by atoms with Gasteiger partial charge in [0.1, 0.15) is 11.3 Å². The summed E-state index contributed by atoms with van der Waals surface area (Å²) in [6.07, 6.45) is 2.67. The quantitative estimate of drug-likeness (QED) is 0.578. The molecule has 0 aliphatic heterocycles. The van der Waals surface area contributed by atoms with E-state index in [1.54, 1.807) is 0 Å². The Balaban J connectivity index is 1.88. The van der Waals surface area contributed by atoms with Crippen LogP contribution in [0, 0.1) is 0 Å². The Labute approximate surface area is 110 Å². The Morgan fingerprint density at radius 1 is 1.32 bits per heavy atom. The molecule has 0 spiro atoms.